The molecule has 3 rings (SSSR count). The lowest BCUT2D eigenvalue weighted by Crippen LogP contribution is -2.25. The predicted molar refractivity (Wildman–Crippen MR) is 78.3 cm³/mol. The molecule has 2 aromatic rings. The van der Waals surface area contributed by atoms with E-state index in [9.17, 15) is 8.78 Å². The van der Waals surface area contributed by atoms with E-state index in [2.05, 4.69) is 18.8 Å². The molecule has 108 valence electrons. The highest BCUT2D eigenvalue weighted by Crippen LogP contribution is 2.42. The number of aromatic amines is 1. The van der Waals surface area contributed by atoms with Gasteiger partial charge in [-0.3, -0.25) is 0 Å². The summed E-state index contributed by atoms with van der Waals surface area (Å²) in [5, 5.41) is 0. The number of nitrogens with zero attached hydrogens (tertiary/aromatic N) is 1. The molecule has 0 radical (unpaired) electrons. The van der Waals surface area contributed by atoms with Gasteiger partial charge in [-0.15, -0.1) is 0 Å². The maximum atomic E-state index is 14.2. The zero-order chi connectivity index (χ0) is 14.5. The lowest BCUT2D eigenvalue weighted by molar-refractivity contribution is 0.184. The maximum absolute atomic E-state index is 14.2. The van der Waals surface area contributed by atoms with Crippen LogP contribution in [0.15, 0.2) is 12.1 Å². The van der Waals surface area contributed by atoms with E-state index in [-0.39, 0.29) is 17.0 Å². The molecule has 1 aromatic heterocycles. The number of benzene rings is 1. The number of imidazole rings is 1. The molecular formula is C15H18F2N2S. The van der Waals surface area contributed by atoms with Crippen molar-refractivity contribution >= 4 is 23.3 Å². The van der Waals surface area contributed by atoms with Gasteiger partial charge in [0.15, 0.2) is 16.4 Å². The second kappa shape index (κ2) is 4.65. The summed E-state index contributed by atoms with van der Waals surface area (Å²) in [5.74, 6) is -1.63. The number of aromatic nitrogens is 2. The van der Waals surface area contributed by atoms with Crippen LogP contribution in [0.25, 0.3) is 11.0 Å². The van der Waals surface area contributed by atoms with Crippen LogP contribution in [0.4, 0.5) is 8.78 Å². The van der Waals surface area contributed by atoms with Crippen LogP contribution in [-0.4, -0.2) is 9.55 Å². The van der Waals surface area contributed by atoms with Crippen molar-refractivity contribution < 1.29 is 8.78 Å². The first-order valence-electron chi connectivity index (χ1n) is 6.97. The van der Waals surface area contributed by atoms with E-state index in [1.54, 1.807) is 10.6 Å². The highest BCUT2D eigenvalue weighted by Gasteiger charge is 2.30. The van der Waals surface area contributed by atoms with Crippen molar-refractivity contribution in [2.75, 3.05) is 0 Å². The Hall–Kier alpha value is -1.23. The van der Waals surface area contributed by atoms with Crippen LogP contribution < -0.4 is 0 Å². The number of hydrogen-bond acceptors (Lipinski definition) is 1. The Bertz CT molecular complexity index is 714. The topological polar surface area (TPSA) is 20.7 Å². The minimum atomic E-state index is -0.824. The predicted octanol–water partition coefficient (Wildman–Crippen LogP) is 5.12. The van der Waals surface area contributed by atoms with Crippen LogP contribution in [0.3, 0.4) is 0 Å². The molecule has 1 saturated carbocycles. The first-order chi connectivity index (χ1) is 9.39. The van der Waals surface area contributed by atoms with Crippen molar-refractivity contribution in [3.05, 3.63) is 28.5 Å². The smallest absolute Gasteiger partial charge is 0.184 e. The van der Waals surface area contributed by atoms with Crippen molar-refractivity contribution in [2.24, 2.45) is 5.41 Å². The molecule has 2 nitrogen and oxygen atoms in total. The SMILES string of the molecule is CC1(C)CCCC(n2c(=S)[nH]c3ccc(F)c(F)c32)C1. The summed E-state index contributed by atoms with van der Waals surface area (Å²) in [4.78, 5) is 2.99. The molecular weight excluding hydrogens is 278 g/mol. The number of hydrogen-bond donors (Lipinski definition) is 1. The van der Waals surface area contributed by atoms with Crippen molar-refractivity contribution in [1.29, 1.82) is 0 Å². The average molecular weight is 296 g/mol. The molecule has 1 N–H and O–H groups in total. The molecule has 1 atom stereocenters. The summed E-state index contributed by atoms with van der Waals surface area (Å²) in [7, 11) is 0. The molecule has 1 heterocycles. The van der Waals surface area contributed by atoms with Gasteiger partial charge in [0.2, 0.25) is 0 Å². The molecule has 1 aliphatic carbocycles. The largest absolute Gasteiger partial charge is 0.330 e. The Labute approximate surface area is 121 Å². The number of H-pyrrole nitrogens is 1. The fourth-order valence-corrected chi connectivity index (χ4v) is 3.73. The van der Waals surface area contributed by atoms with Crippen molar-refractivity contribution in [1.82, 2.24) is 9.55 Å². The molecule has 0 amide bonds. The van der Waals surface area contributed by atoms with Gasteiger partial charge in [-0.05, 0) is 49.0 Å². The molecule has 5 heteroatoms. The standard InChI is InChI=1S/C15H18F2N2S/c1-15(2)7-3-4-9(8-15)19-13-11(18-14(19)20)6-5-10(16)12(13)17/h5-6,9H,3-4,7-8H2,1-2H3,(H,18,20). The molecule has 0 aliphatic heterocycles. The third-order valence-electron chi connectivity index (χ3n) is 4.31. The first-order valence-corrected chi connectivity index (χ1v) is 7.38. The summed E-state index contributed by atoms with van der Waals surface area (Å²) < 4.78 is 29.9. The van der Waals surface area contributed by atoms with E-state index in [0.29, 0.717) is 10.3 Å². The third kappa shape index (κ3) is 2.18. The highest BCUT2D eigenvalue weighted by atomic mass is 32.1. The lowest BCUT2D eigenvalue weighted by atomic mass is 9.75. The second-order valence-corrected chi connectivity index (χ2v) is 6.86. The van der Waals surface area contributed by atoms with Crippen molar-refractivity contribution in [2.45, 2.75) is 45.6 Å². The van der Waals surface area contributed by atoms with Crippen molar-refractivity contribution in [3.8, 4) is 0 Å². The number of fused-ring (bicyclic) bond motifs is 1. The van der Waals surface area contributed by atoms with Crippen LogP contribution >= 0.6 is 12.2 Å². The normalized spacial score (nSPS) is 22.3. The van der Waals surface area contributed by atoms with Crippen LogP contribution in [0.1, 0.15) is 45.6 Å². The van der Waals surface area contributed by atoms with Gasteiger partial charge in [0.05, 0.1) is 5.52 Å². The third-order valence-corrected chi connectivity index (χ3v) is 4.61. The van der Waals surface area contributed by atoms with Gasteiger partial charge < -0.3 is 9.55 Å². The van der Waals surface area contributed by atoms with E-state index < -0.39 is 11.6 Å². The van der Waals surface area contributed by atoms with E-state index >= 15 is 0 Å². The molecule has 0 bridgehead atoms. The van der Waals surface area contributed by atoms with Gasteiger partial charge in [0, 0.05) is 6.04 Å². The van der Waals surface area contributed by atoms with E-state index in [1.807, 2.05) is 0 Å². The molecule has 1 fully saturated rings. The first kappa shape index (κ1) is 13.7. The molecule has 1 aromatic carbocycles. The average Bonchev–Trinajstić information content (AvgIpc) is 2.70. The van der Waals surface area contributed by atoms with E-state index in [0.717, 1.165) is 31.7 Å². The molecule has 20 heavy (non-hydrogen) atoms. The summed E-state index contributed by atoms with van der Waals surface area (Å²) in [5.41, 5.74) is 1.06. The van der Waals surface area contributed by atoms with Gasteiger partial charge in [0.1, 0.15) is 5.52 Å². The van der Waals surface area contributed by atoms with Crippen LogP contribution in [-0.2, 0) is 0 Å². The fourth-order valence-electron chi connectivity index (χ4n) is 3.38. The number of nitrogens with one attached hydrogen (secondary N) is 1. The maximum Gasteiger partial charge on any atom is 0.184 e. The molecule has 0 saturated heterocycles. The van der Waals surface area contributed by atoms with Gasteiger partial charge in [-0.2, -0.15) is 0 Å². The molecule has 0 spiro atoms. The summed E-state index contributed by atoms with van der Waals surface area (Å²) in [6.07, 6.45) is 4.14. The minimum Gasteiger partial charge on any atom is -0.330 e. The summed E-state index contributed by atoms with van der Waals surface area (Å²) >= 11 is 5.33. The number of rotatable bonds is 1. The zero-order valence-electron chi connectivity index (χ0n) is 11.7. The second-order valence-electron chi connectivity index (χ2n) is 6.47. The number of halogens is 2. The van der Waals surface area contributed by atoms with E-state index in [1.165, 1.54) is 0 Å². The zero-order valence-corrected chi connectivity index (χ0v) is 12.5. The van der Waals surface area contributed by atoms with E-state index in [4.69, 9.17) is 12.2 Å². The Morgan fingerprint density at radius 3 is 2.80 bits per heavy atom. The molecule has 1 unspecified atom stereocenters. The van der Waals surface area contributed by atoms with Gasteiger partial charge in [-0.25, -0.2) is 8.78 Å². The monoisotopic (exact) mass is 296 g/mol. The summed E-state index contributed by atoms with van der Waals surface area (Å²) in [6.45, 7) is 4.43. The summed E-state index contributed by atoms with van der Waals surface area (Å²) in [6, 6.07) is 2.82. The molecule has 1 aliphatic rings. The van der Waals surface area contributed by atoms with Crippen LogP contribution in [0.2, 0.25) is 0 Å². The van der Waals surface area contributed by atoms with Gasteiger partial charge >= 0.3 is 0 Å². The van der Waals surface area contributed by atoms with Gasteiger partial charge in [0.25, 0.3) is 0 Å². The van der Waals surface area contributed by atoms with Gasteiger partial charge in [-0.1, -0.05) is 20.3 Å². The Balaban J connectivity index is 2.18. The Kier molecular flexibility index (Phi) is 3.20. The van der Waals surface area contributed by atoms with Crippen molar-refractivity contribution in [3.63, 3.8) is 0 Å². The Morgan fingerprint density at radius 2 is 2.10 bits per heavy atom. The lowest BCUT2D eigenvalue weighted by Gasteiger charge is -2.36. The minimum absolute atomic E-state index is 0.135. The van der Waals surface area contributed by atoms with Crippen LogP contribution in [0.5, 0.6) is 0 Å². The van der Waals surface area contributed by atoms with Crippen LogP contribution in [0, 0.1) is 21.8 Å². The highest BCUT2D eigenvalue weighted by molar-refractivity contribution is 7.71. The Morgan fingerprint density at radius 1 is 1.35 bits per heavy atom. The fraction of sp³-hybridized carbons (Fsp3) is 0.533. The quantitative estimate of drug-likeness (QED) is 0.724.